The number of alkyl halides is 3. The number of methoxy groups -OCH3 is 1. The predicted molar refractivity (Wildman–Crippen MR) is 82.7 cm³/mol. The van der Waals surface area contributed by atoms with Crippen LogP contribution in [0.2, 0.25) is 0 Å². The second kappa shape index (κ2) is 7.09. The van der Waals surface area contributed by atoms with Gasteiger partial charge in [-0.15, -0.1) is 0 Å². The molecule has 1 heterocycles. The van der Waals surface area contributed by atoms with Crippen molar-refractivity contribution in [1.29, 1.82) is 0 Å². The number of hydrogen-bond acceptors (Lipinski definition) is 3. The highest BCUT2D eigenvalue weighted by Gasteiger charge is 2.38. The fourth-order valence-corrected chi connectivity index (χ4v) is 3.23. The van der Waals surface area contributed by atoms with Crippen molar-refractivity contribution < 1.29 is 22.6 Å². The molecule has 0 amide bonds. The van der Waals surface area contributed by atoms with Crippen LogP contribution in [0, 0.1) is 5.92 Å². The van der Waals surface area contributed by atoms with Crippen molar-refractivity contribution in [2.75, 3.05) is 26.8 Å². The molecule has 0 radical (unpaired) electrons. The third kappa shape index (κ3) is 4.18. The number of hydrogen-bond donors (Lipinski definition) is 1. The highest BCUT2D eigenvalue weighted by Crippen LogP contribution is 2.41. The normalized spacial score (nSPS) is 25.4. The van der Waals surface area contributed by atoms with E-state index >= 15 is 0 Å². The first-order chi connectivity index (χ1) is 10.8. The summed E-state index contributed by atoms with van der Waals surface area (Å²) in [5.41, 5.74) is 1.63. The van der Waals surface area contributed by atoms with Gasteiger partial charge in [-0.1, -0.05) is 26.0 Å². The minimum atomic E-state index is -4.35. The molecule has 0 aromatic heterocycles. The Morgan fingerprint density at radius 1 is 1.35 bits per heavy atom. The van der Waals surface area contributed by atoms with Crippen molar-refractivity contribution in [3.8, 4) is 5.75 Å². The number of halogens is 3. The summed E-state index contributed by atoms with van der Waals surface area (Å²) in [5.74, 6) is 0.623. The maximum absolute atomic E-state index is 12.5. The number of ether oxygens (including phenoxy) is 2. The molecule has 0 aliphatic carbocycles. The Kier molecular flexibility index (Phi) is 5.57. The van der Waals surface area contributed by atoms with Gasteiger partial charge >= 0.3 is 6.18 Å². The summed E-state index contributed by atoms with van der Waals surface area (Å²) < 4.78 is 47.7. The van der Waals surface area contributed by atoms with Crippen LogP contribution in [0.3, 0.4) is 0 Å². The minimum Gasteiger partial charge on any atom is -0.484 e. The van der Waals surface area contributed by atoms with Gasteiger partial charge in [0.25, 0.3) is 0 Å². The molecule has 1 aliphatic heterocycles. The van der Waals surface area contributed by atoms with Crippen molar-refractivity contribution in [3.05, 3.63) is 29.3 Å². The van der Waals surface area contributed by atoms with Crippen molar-refractivity contribution in [2.45, 2.75) is 38.5 Å². The van der Waals surface area contributed by atoms with Gasteiger partial charge < -0.3 is 14.8 Å². The first-order valence-corrected chi connectivity index (χ1v) is 7.79. The smallest absolute Gasteiger partial charge is 0.422 e. The van der Waals surface area contributed by atoms with Crippen LogP contribution in [0.4, 0.5) is 13.2 Å². The number of piperidine rings is 1. The molecule has 1 aromatic carbocycles. The second-order valence-electron chi connectivity index (χ2n) is 6.39. The zero-order chi connectivity index (χ0) is 17.1. The minimum absolute atomic E-state index is 0.114. The van der Waals surface area contributed by atoms with E-state index < -0.39 is 12.8 Å². The van der Waals surface area contributed by atoms with Crippen molar-refractivity contribution >= 4 is 0 Å². The molecule has 0 saturated carbocycles. The molecule has 2 unspecified atom stereocenters. The lowest BCUT2D eigenvalue weighted by molar-refractivity contribution is -0.153. The van der Waals surface area contributed by atoms with Gasteiger partial charge in [0, 0.05) is 12.7 Å². The molecular formula is C17H24F3NO2. The molecule has 0 bridgehead atoms. The van der Waals surface area contributed by atoms with E-state index in [1.54, 1.807) is 19.2 Å². The monoisotopic (exact) mass is 331 g/mol. The van der Waals surface area contributed by atoms with Gasteiger partial charge in [0.05, 0.1) is 6.61 Å². The predicted octanol–water partition coefficient (Wildman–Crippen LogP) is 3.66. The average molecular weight is 331 g/mol. The maximum atomic E-state index is 12.5. The molecule has 2 rings (SSSR count). The van der Waals surface area contributed by atoms with E-state index in [2.05, 4.69) is 19.2 Å². The van der Waals surface area contributed by atoms with Gasteiger partial charge in [-0.05, 0) is 42.5 Å². The highest BCUT2D eigenvalue weighted by molar-refractivity contribution is 5.44. The Bertz CT molecular complexity index is 533. The fraction of sp³-hybridized carbons (Fsp3) is 0.647. The lowest BCUT2D eigenvalue weighted by Gasteiger charge is -2.42. The second-order valence-corrected chi connectivity index (χ2v) is 6.39. The highest BCUT2D eigenvalue weighted by atomic mass is 19.4. The van der Waals surface area contributed by atoms with E-state index in [0.717, 1.165) is 30.6 Å². The number of nitrogens with one attached hydrogen (secondary N) is 1. The van der Waals surface area contributed by atoms with Crippen LogP contribution in [0.15, 0.2) is 18.2 Å². The molecule has 130 valence electrons. The summed E-state index contributed by atoms with van der Waals surface area (Å²) in [6.45, 7) is 5.05. The summed E-state index contributed by atoms with van der Waals surface area (Å²) in [5, 5.41) is 3.36. The van der Waals surface area contributed by atoms with E-state index in [1.807, 2.05) is 6.07 Å². The zero-order valence-corrected chi connectivity index (χ0v) is 13.8. The van der Waals surface area contributed by atoms with Gasteiger partial charge in [-0.3, -0.25) is 0 Å². The van der Waals surface area contributed by atoms with Gasteiger partial charge in [0.2, 0.25) is 0 Å². The van der Waals surface area contributed by atoms with Crippen LogP contribution in [0.5, 0.6) is 5.75 Å². The molecule has 1 saturated heterocycles. The van der Waals surface area contributed by atoms with Gasteiger partial charge in [0.15, 0.2) is 6.61 Å². The molecule has 1 N–H and O–H groups in total. The van der Waals surface area contributed by atoms with Crippen LogP contribution in [-0.2, 0) is 16.8 Å². The SMILES string of the molecule is COCc1c(OCC(F)(F)F)cccc1C1(C)CCNCC1C. The Hall–Kier alpha value is -1.27. The summed E-state index contributed by atoms with van der Waals surface area (Å²) in [7, 11) is 1.54. The quantitative estimate of drug-likeness (QED) is 0.893. The molecule has 0 spiro atoms. The molecule has 1 fully saturated rings. The maximum Gasteiger partial charge on any atom is 0.422 e. The average Bonchev–Trinajstić information content (AvgIpc) is 2.48. The molecular weight excluding hydrogens is 307 g/mol. The van der Waals surface area contributed by atoms with Crippen molar-refractivity contribution in [3.63, 3.8) is 0 Å². The van der Waals surface area contributed by atoms with E-state index in [4.69, 9.17) is 9.47 Å². The lowest BCUT2D eigenvalue weighted by Crippen LogP contribution is -2.45. The summed E-state index contributed by atoms with van der Waals surface area (Å²) in [6, 6.07) is 5.33. The van der Waals surface area contributed by atoms with Gasteiger partial charge in [-0.2, -0.15) is 13.2 Å². The van der Waals surface area contributed by atoms with Gasteiger partial charge in [-0.25, -0.2) is 0 Å². The Labute approximate surface area is 135 Å². The third-order valence-electron chi connectivity index (χ3n) is 4.79. The lowest BCUT2D eigenvalue weighted by atomic mass is 9.67. The first-order valence-electron chi connectivity index (χ1n) is 7.79. The van der Waals surface area contributed by atoms with Gasteiger partial charge in [0.1, 0.15) is 5.75 Å². The van der Waals surface area contributed by atoms with Crippen LogP contribution < -0.4 is 10.1 Å². The molecule has 1 aromatic rings. The van der Waals surface area contributed by atoms with Crippen molar-refractivity contribution in [2.24, 2.45) is 5.92 Å². The van der Waals surface area contributed by atoms with E-state index in [1.165, 1.54) is 0 Å². The molecule has 2 atom stereocenters. The number of benzene rings is 1. The van der Waals surface area contributed by atoms with Crippen LogP contribution in [0.25, 0.3) is 0 Å². The van der Waals surface area contributed by atoms with Crippen molar-refractivity contribution in [1.82, 2.24) is 5.32 Å². The third-order valence-corrected chi connectivity index (χ3v) is 4.79. The Morgan fingerprint density at radius 2 is 2.09 bits per heavy atom. The standard InChI is InChI=1S/C17H24F3NO2/c1-12-9-21-8-7-16(12,2)14-5-4-6-15(13(14)10-22-3)23-11-17(18,19)20/h4-6,12,21H,7-11H2,1-3H3. The molecule has 3 nitrogen and oxygen atoms in total. The Balaban J connectivity index is 2.39. The van der Waals surface area contributed by atoms with E-state index in [0.29, 0.717) is 5.92 Å². The molecule has 6 heteroatoms. The van der Waals surface area contributed by atoms with E-state index in [9.17, 15) is 13.2 Å². The van der Waals surface area contributed by atoms with Crippen LogP contribution in [0.1, 0.15) is 31.4 Å². The summed E-state index contributed by atoms with van der Waals surface area (Å²) >= 11 is 0. The molecule has 1 aliphatic rings. The topological polar surface area (TPSA) is 30.5 Å². The molecule has 23 heavy (non-hydrogen) atoms. The van der Waals surface area contributed by atoms with Crippen LogP contribution in [-0.4, -0.2) is 33.0 Å². The van der Waals surface area contributed by atoms with Crippen LogP contribution >= 0.6 is 0 Å². The number of rotatable bonds is 5. The largest absolute Gasteiger partial charge is 0.484 e. The Morgan fingerprint density at radius 3 is 2.70 bits per heavy atom. The first kappa shape index (κ1) is 18.1. The van der Waals surface area contributed by atoms with E-state index in [-0.39, 0.29) is 17.8 Å². The summed E-state index contributed by atoms with van der Waals surface area (Å²) in [4.78, 5) is 0. The summed E-state index contributed by atoms with van der Waals surface area (Å²) in [6.07, 6.45) is -3.43. The zero-order valence-electron chi connectivity index (χ0n) is 13.8. The fourth-order valence-electron chi connectivity index (χ4n) is 3.23.